The second-order valence-electron chi connectivity index (χ2n) is 7.41. The third kappa shape index (κ3) is 4.21. The second kappa shape index (κ2) is 9.09. The summed E-state index contributed by atoms with van der Waals surface area (Å²) in [6, 6.07) is 7.94. The number of aliphatic hydroxyl groups excluding tert-OH is 1. The molecule has 7 heteroatoms. The zero-order chi connectivity index (χ0) is 21.8. The van der Waals surface area contributed by atoms with Crippen molar-refractivity contribution in [3.63, 3.8) is 0 Å². The molecule has 30 heavy (non-hydrogen) atoms. The maximum absolute atomic E-state index is 12.9. The first kappa shape index (κ1) is 21.5. The Kier molecular flexibility index (Phi) is 6.52. The number of ether oxygens (including phenoxy) is 2. The maximum atomic E-state index is 12.9. The Morgan fingerprint density at radius 2 is 1.90 bits per heavy atom. The normalized spacial score (nSPS) is 18.3. The molecule has 1 aromatic carbocycles. The summed E-state index contributed by atoms with van der Waals surface area (Å²) in [5.41, 5.74) is 2.02. The number of Topliss-reactive ketones (excluding diaryl/α,β-unsaturated/α-hetero) is 1. The minimum Gasteiger partial charge on any atom is -0.507 e. The number of benzene rings is 1. The largest absolute Gasteiger partial charge is 0.507 e. The lowest BCUT2D eigenvalue weighted by Gasteiger charge is -2.25. The Hall–Kier alpha value is -3.19. The average molecular weight is 410 g/mol. The van der Waals surface area contributed by atoms with Crippen molar-refractivity contribution < 1.29 is 24.2 Å². The fourth-order valence-corrected chi connectivity index (χ4v) is 3.53. The highest BCUT2D eigenvalue weighted by molar-refractivity contribution is 6.46. The summed E-state index contributed by atoms with van der Waals surface area (Å²) in [6.07, 6.45) is 3.20. The van der Waals surface area contributed by atoms with Crippen molar-refractivity contribution in [2.24, 2.45) is 0 Å². The maximum Gasteiger partial charge on any atom is 0.295 e. The average Bonchev–Trinajstić information content (AvgIpc) is 2.98. The SMILES string of the molecule is COCCN1C(=O)C(=O)/C(=C(\O)c2ccc(OC(C)C)c(C)c2)C1c1ccncc1. The lowest BCUT2D eigenvalue weighted by molar-refractivity contribution is -0.140. The number of ketones is 1. The number of hydrogen-bond donors (Lipinski definition) is 1. The number of likely N-dealkylation sites (tertiary alicyclic amines) is 1. The Balaban J connectivity index is 2.10. The highest BCUT2D eigenvalue weighted by atomic mass is 16.5. The summed E-state index contributed by atoms with van der Waals surface area (Å²) in [4.78, 5) is 31.0. The molecule has 0 radical (unpaired) electrons. The number of rotatable bonds is 7. The third-order valence-corrected chi connectivity index (χ3v) is 4.91. The van der Waals surface area contributed by atoms with Crippen molar-refractivity contribution >= 4 is 17.4 Å². The predicted octanol–water partition coefficient (Wildman–Crippen LogP) is 3.25. The molecule has 1 aliphatic rings. The molecule has 0 spiro atoms. The number of aliphatic hydroxyl groups is 1. The number of aromatic nitrogens is 1. The molecule has 1 amide bonds. The van der Waals surface area contributed by atoms with Crippen LogP contribution in [0.25, 0.3) is 5.76 Å². The molecular weight excluding hydrogens is 384 g/mol. The third-order valence-electron chi connectivity index (χ3n) is 4.91. The number of hydrogen-bond acceptors (Lipinski definition) is 6. The van der Waals surface area contributed by atoms with Crippen LogP contribution in [-0.4, -0.2) is 53.0 Å². The van der Waals surface area contributed by atoms with Gasteiger partial charge < -0.3 is 19.5 Å². The number of carbonyl (C=O) groups excluding carboxylic acids is 2. The lowest BCUT2D eigenvalue weighted by atomic mass is 9.95. The van der Waals surface area contributed by atoms with E-state index in [4.69, 9.17) is 9.47 Å². The first-order chi connectivity index (χ1) is 14.3. The molecule has 1 aliphatic heterocycles. The number of methoxy groups -OCH3 is 1. The second-order valence-corrected chi connectivity index (χ2v) is 7.41. The molecule has 3 rings (SSSR count). The van der Waals surface area contributed by atoms with Gasteiger partial charge in [-0.1, -0.05) is 0 Å². The molecule has 2 aromatic rings. The highest BCUT2D eigenvalue weighted by Gasteiger charge is 2.45. The highest BCUT2D eigenvalue weighted by Crippen LogP contribution is 2.39. The van der Waals surface area contributed by atoms with Crippen LogP contribution in [0.3, 0.4) is 0 Å². The Labute approximate surface area is 175 Å². The summed E-state index contributed by atoms with van der Waals surface area (Å²) in [5.74, 6) is -0.889. The summed E-state index contributed by atoms with van der Waals surface area (Å²) < 4.78 is 10.8. The van der Waals surface area contributed by atoms with Gasteiger partial charge in [-0.25, -0.2) is 0 Å². The van der Waals surface area contributed by atoms with Crippen LogP contribution >= 0.6 is 0 Å². The zero-order valence-electron chi connectivity index (χ0n) is 17.6. The van der Waals surface area contributed by atoms with E-state index in [-0.39, 0.29) is 30.6 Å². The fraction of sp³-hybridized carbons (Fsp3) is 0.348. The molecule has 1 N–H and O–H groups in total. The van der Waals surface area contributed by atoms with E-state index < -0.39 is 17.7 Å². The van der Waals surface area contributed by atoms with Crippen LogP contribution < -0.4 is 4.74 Å². The summed E-state index contributed by atoms with van der Waals surface area (Å²) in [6.45, 7) is 6.24. The van der Waals surface area contributed by atoms with Crippen LogP contribution in [-0.2, 0) is 14.3 Å². The van der Waals surface area contributed by atoms with E-state index in [9.17, 15) is 14.7 Å². The first-order valence-corrected chi connectivity index (χ1v) is 9.80. The van der Waals surface area contributed by atoms with Gasteiger partial charge in [-0.3, -0.25) is 14.6 Å². The van der Waals surface area contributed by atoms with E-state index in [1.165, 1.54) is 12.0 Å². The van der Waals surface area contributed by atoms with Gasteiger partial charge in [-0.15, -0.1) is 0 Å². The van der Waals surface area contributed by atoms with Crippen molar-refractivity contribution in [2.45, 2.75) is 32.9 Å². The van der Waals surface area contributed by atoms with Crippen molar-refractivity contribution in [3.8, 4) is 5.75 Å². The summed E-state index contributed by atoms with van der Waals surface area (Å²) in [7, 11) is 1.53. The van der Waals surface area contributed by atoms with Gasteiger partial charge in [-0.2, -0.15) is 0 Å². The van der Waals surface area contributed by atoms with Crippen molar-refractivity contribution in [2.75, 3.05) is 20.3 Å². The molecule has 158 valence electrons. The van der Waals surface area contributed by atoms with Crippen LogP contribution in [0.1, 0.15) is 36.6 Å². The van der Waals surface area contributed by atoms with Crippen molar-refractivity contribution in [1.29, 1.82) is 0 Å². The number of aryl methyl sites for hydroxylation is 1. The van der Waals surface area contributed by atoms with Crippen LogP contribution in [0.15, 0.2) is 48.3 Å². The van der Waals surface area contributed by atoms with E-state index in [2.05, 4.69) is 4.98 Å². The molecule has 1 saturated heterocycles. The number of pyridine rings is 1. The van der Waals surface area contributed by atoms with E-state index in [1.807, 2.05) is 20.8 Å². The molecule has 1 unspecified atom stereocenters. The van der Waals surface area contributed by atoms with E-state index in [0.717, 1.165) is 5.56 Å². The van der Waals surface area contributed by atoms with Gasteiger partial charge in [0.15, 0.2) is 0 Å². The fourth-order valence-electron chi connectivity index (χ4n) is 3.53. The van der Waals surface area contributed by atoms with Gasteiger partial charge in [0, 0.05) is 31.6 Å². The van der Waals surface area contributed by atoms with Gasteiger partial charge in [-0.05, 0) is 62.2 Å². The smallest absolute Gasteiger partial charge is 0.295 e. The standard InChI is InChI=1S/C23H26N2O5/c1-14(2)30-18-6-5-17(13-15(18)3)21(26)19-20(16-7-9-24-10-8-16)25(11-12-29-4)23(28)22(19)27/h5-10,13-14,20,26H,11-12H2,1-4H3/b21-19-. The van der Waals surface area contributed by atoms with Crippen LogP contribution in [0.2, 0.25) is 0 Å². The minimum absolute atomic E-state index is 0.0148. The van der Waals surface area contributed by atoms with Gasteiger partial charge in [0.05, 0.1) is 24.3 Å². The molecule has 0 saturated carbocycles. The van der Waals surface area contributed by atoms with Crippen molar-refractivity contribution in [3.05, 3.63) is 65.0 Å². The van der Waals surface area contributed by atoms with E-state index >= 15 is 0 Å². The molecule has 1 atom stereocenters. The first-order valence-electron chi connectivity index (χ1n) is 9.80. The summed E-state index contributed by atoms with van der Waals surface area (Å²) in [5, 5.41) is 11.1. The molecule has 0 aliphatic carbocycles. The molecule has 2 heterocycles. The van der Waals surface area contributed by atoms with Crippen molar-refractivity contribution in [1.82, 2.24) is 9.88 Å². The van der Waals surface area contributed by atoms with E-state index in [1.54, 1.807) is 42.7 Å². The van der Waals surface area contributed by atoms with E-state index in [0.29, 0.717) is 16.9 Å². The molecular formula is C23H26N2O5. The topological polar surface area (TPSA) is 89.0 Å². The van der Waals surface area contributed by atoms with Crippen LogP contribution in [0.5, 0.6) is 5.75 Å². The van der Waals surface area contributed by atoms with Gasteiger partial charge in [0.2, 0.25) is 0 Å². The molecule has 7 nitrogen and oxygen atoms in total. The molecule has 1 aromatic heterocycles. The Bertz CT molecular complexity index is 969. The minimum atomic E-state index is -0.717. The molecule has 0 bridgehead atoms. The van der Waals surface area contributed by atoms with Gasteiger partial charge in [0.1, 0.15) is 11.5 Å². The Morgan fingerprint density at radius 1 is 1.20 bits per heavy atom. The van der Waals surface area contributed by atoms with Gasteiger partial charge >= 0.3 is 0 Å². The number of nitrogens with zero attached hydrogens (tertiary/aromatic N) is 2. The Morgan fingerprint density at radius 3 is 2.50 bits per heavy atom. The quantitative estimate of drug-likeness (QED) is 0.428. The number of carbonyl (C=O) groups is 2. The lowest BCUT2D eigenvalue weighted by Crippen LogP contribution is -2.32. The predicted molar refractivity (Wildman–Crippen MR) is 112 cm³/mol. The zero-order valence-corrected chi connectivity index (χ0v) is 17.6. The number of amides is 1. The van der Waals surface area contributed by atoms with Gasteiger partial charge in [0.25, 0.3) is 11.7 Å². The monoisotopic (exact) mass is 410 g/mol. The summed E-state index contributed by atoms with van der Waals surface area (Å²) >= 11 is 0. The van der Waals surface area contributed by atoms with Crippen LogP contribution in [0.4, 0.5) is 0 Å². The molecule has 1 fully saturated rings. The van der Waals surface area contributed by atoms with Crippen LogP contribution in [0, 0.1) is 6.92 Å².